The van der Waals surface area contributed by atoms with Crippen molar-refractivity contribution >= 4 is 6.03 Å². The Morgan fingerprint density at radius 1 is 1.24 bits per heavy atom. The van der Waals surface area contributed by atoms with E-state index in [0.29, 0.717) is 17.9 Å². The average molecular weight is 339 g/mol. The number of pyridine rings is 1. The third-order valence-corrected chi connectivity index (χ3v) is 3.72. The minimum Gasteiger partial charge on any atom is -0.334 e. The Morgan fingerprint density at radius 2 is 2.08 bits per heavy atom. The van der Waals surface area contributed by atoms with E-state index in [9.17, 15) is 9.18 Å². The molecule has 6 nitrogen and oxygen atoms in total. The first kappa shape index (κ1) is 16.6. The molecule has 1 aromatic carbocycles. The summed E-state index contributed by atoms with van der Waals surface area (Å²) in [5.74, 6) is 0.361. The molecule has 0 spiro atoms. The van der Waals surface area contributed by atoms with E-state index in [-0.39, 0.29) is 11.8 Å². The summed E-state index contributed by atoms with van der Waals surface area (Å²) in [4.78, 5) is 16.3. The highest BCUT2D eigenvalue weighted by Crippen LogP contribution is 2.15. The molecule has 128 valence electrons. The van der Waals surface area contributed by atoms with Crippen molar-refractivity contribution in [1.29, 1.82) is 0 Å². The van der Waals surface area contributed by atoms with E-state index in [0.717, 1.165) is 5.56 Å². The number of halogens is 1. The number of hydrogen-bond donors (Lipinski definition) is 2. The van der Waals surface area contributed by atoms with Crippen LogP contribution in [-0.4, -0.2) is 20.8 Å². The molecule has 1 atom stereocenters. The lowest BCUT2D eigenvalue weighted by atomic mass is 10.1. The van der Waals surface area contributed by atoms with E-state index in [2.05, 4.69) is 20.7 Å². The molecule has 3 rings (SSSR count). The van der Waals surface area contributed by atoms with E-state index in [1.807, 2.05) is 18.2 Å². The fourth-order valence-electron chi connectivity index (χ4n) is 2.40. The van der Waals surface area contributed by atoms with Crippen LogP contribution in [0, 0.1) is 5.82 Å². The van der Waals surface area contributed by atoms with Gasteiger partial charge >= 0.3 is 6.03 Å². The number of nitrogens with zero attached hydrogens (tertiary/aromatic N) is 3. The Hall–Kier alpha value is -3.22. The van der Waals surface area contributed by atoms with Crippen molar-refractivity contribution in [3.8, 4) is 5.82 Å². The summed E-state index contributed by atoms with van der Waals surface area (Å²) in [6, 6.07) is 11.1. The standard InChI is InChI=1S/C18H18FN5O/c1-13(15-5-2-3-6-16(15)19)23-18(25)21-12-14-7-8-17(20-11-14)24-10-4-9-22-24/h2-11,13H,12H2,1H3,(H2,21,23,25)/t13-/m1/s1. The predicted molar refractivity (Wildman–Crippen MR) is 91.5 cm³/mol. The van der Waals surface area contributed by atoms with Crippen LogP contribution in [0.2, 0.25) is 0 Å². The van der Waals surface area contributed by atoms with E-state index in [1.54, 1.807) is 48.4 Å². The van der Waals surface area contributed by atoms with Crippen LogP contribution in [0.1, 0.15) is 24.1 Å². The average Bonchev–Trinajstić information content (AvgIpc) is 3.15. The molecule has 0 fully saturated rings. The normalized spacial score (nSPS) is 11.8. The molecule has 2 N–H and O–H groups in total. The maximum Gasteiger partial charge on any atom is 0.315 e. The molecule has 0 saturated heterocycles. The molecule has 0 radical (unpaired) electrons. The smallest absolute Gasteiger partial charge is 0.315 e. The molecule has 2 aromatic heterocycles. The number of carbonyl (C=O) groups is 1. The van der Waals surface area contributed by atoms with Gasteiger partial charge in [0, 0.05) is 30.7 Å². The van der Waals surface area contributed by atoms with E-state index in [1.165, 1.54) is 6.07 Å². The van der Waals surface area contributed by atoms with Crippen LogP contribution in [0.3, 0.4) is 0 Å². The third kappa shape index (κ3) is 4.20. The molecule has 2 amide bonds. The number of carbonyl (C=O) groups excluding carboxylic acids is 1. The third-order valence-electron chi connectivity index (χ3n) is 3.72. The summed E-state index contributed by atoms with van der Waals surface area (Å²) >= 11 is 0. The second-order valence-electron chi connectivity index (χ2n) is 5.55. The topological polar surface area (TPSA) is 71.8 Å². The first-order valence-corrected chi connectivity index (χ1v) is 7.87. The van der Waals surface area contributed by atoms with Gasteiger partial charge in [0.05, 0.1) is 6.04 Å². The first-order chi connectivity index (χ1) is 12.1. The molecule has 0 unspecified atom stereocenters. The van der Waals surface area contributed by atoms with Crippen LogP contribution in [-0.2, 0) is 6.54 Å². The Balaban J connectivity index is 1.53. The van der Waals surface area contributed by atoms with Crippen molar-refractivity contribution in [2.24, 2.45) is 0 Å². The summed E-state index contributed by atoms with van der Waals surface area (Å²) in [7, 11) is 0. The number of benzene rings is 1. The SMILES string of the molecule is C[C@@H](NC(=O)NCc1ccc(-n2cccn2)nc1)c1ccccc1F. The van der Waals surface area contributed by atoms with Gasteiger partial charge in [-0.2, -0.15) is 5.10 Å². The quantitative estimate of drug-likeness (QED) is 0.751. The lowest BCUT2D eigenvalue weighted by molar-refractivity contribution is 0.237. The highest BCUT2D eigenvalue weighted by atomic mass is 19.1. The van der Waals surface area contributed by atoms with Gasteiger partial charge in [0.2, 0.25) is 0 Å². The fourth-order valence-corrected chi connectivity index (χ4v) is 2.40. The monoisotopic (exact) mass is 339 g/mol. The molecule has 2 heterocycles. The molecule has 25 heavy (non-hydrogen) atoms. The minimum atomic E-state index is -0.429. The van der Waals surface area contributed by atoms with Gasteiger partial charge in [-0.05, 0) is 30.7 Å². The predicted octanol–water partition coefficient (Wildman–Crippen LogP) is 2.97. The first-order valence-electron chi connectivity index (χ1n) is 7.87. The number of nitrogens with one attached hydrogen (secondary N) is 2. The van der Waals surface area contributed by atoms with Crippen LogP contribution in [0.15, 0.2) is 61.1 Å². The van der Waals surface area contributed by atoms with E-state index >= 15 is 0 Å². The van der Waals surface area contributed by atoms with Gasteiger partial charge in [-0.1, -0.05) is 24.3 Å². The maximum absolute atomic E-state index is 13.7. The van der Waals surface area contributed by atoms with Gasteiger partial charge in [-0.3, -0.25) is 0 Å². The Kier molecular flexibility index (Phi) is 5.03. The van der Waals surface area contributed by atoms with Gasteiger partial charge in [-0.25, -0.2) is 18.9 Å². The zero-order valence-electron chi connectivity index (χ0n) is 13.7. The molecular formula is C18H18FN5O. The molecule has 0 bridgehead atoms. The van der Waals surface area contributed by atoms with Crippen molar-refractivity contribution in [3.63, 3.8) is 0 Å². The van der Waals surface area contributed by atoms with Gasteiger partial charge in [-0.15, -0.1) is 0 Å². The molecule has 3 aromatic rings. The van der Waals surface area contributed by atoms with Crippen LogP contribution in [0.4, 0.5) is 9.18 Å². The van der Waals surface area contributed by atoms with Crippen molar-refractivity contribution in [1.82, 2.24) is 25.4 Å². The molecule has 7 heteroatoms. The number of hydrogen-bond acceptors (Lipinski definition) is 3. The summed E-state index contributed by atoms with van der Waals surface area (Å²) in [6.45, 7) is 2.06. The largest absolute Gasteiger partial charge is 0.334 e. The number of urea groups is 1. The maximum atomic E-state index is 13.7. The van der Waals surface area contributed by atoms with Gasteiger partial charge in [0.25, 0.3) is 0 Å². The lowest BCUT2D eigenvalue weighted by Crippen LogP contribution is -2.36. The number of rotatable bonds is 5. The summed E-state index contributed by atoms with van der Waals surface area (Å²) < 4.78 is 15.4. The minimum absolute atomic E-state index is 0.322. The molecule has 0 aliphatic carbocycles. The van der Waals surface area contributed by atoms with Crippen LogP contribution < -0.4 is 10.6 Å². The van der Waals surface area contributed by atoms with E-state index < -0.39 is 6.04 Å². The summed E-state index contributed by atoms with van der Waals surface area (Å²) in [6.07, 6.45) is 5.16. The highest BCUT2D eigenvalue weighted by Gasteiger charge is 2.12. The number of amides is 2. The van der Waals surface area contributed by atoms with E-state index in [4.69, 9.17) is 0 Å². The van der Waals surface area contributed by atoms with Gasteiger partial charge < -0.3 is 10.6 Å². The summed E-state index contributed by atoms with van der Waals surface area (Å²) in [5.41, 5.74) is 1.30. The van der Waals surface area contributed by atoms with Crippen molar-refractivity contribution < 1.29 is 9.18 Å². The molecule has 0 aliphatic rings. The number of aromatic nitrogens is 3. The van der Waals surface area contributed by atoms with Crippen molar-refractivity contribution in [3.05, 3.63) is 78.0 Å². The van der Waals surface area contributed by atoms with Gasteiger partial charge in [0.1, 0.15) is 5.82 Å². The molecule has 0 saturated carbocycles. The second-order valence-corrected chi connectivity index (χ2v) is 5.55. The van der Waals surface area contributed by atoms with Crippen molar-refractivity contribution in [2.75, 3.05) is 0 Å². The van der Waals surface area contributed by atoms with Gasteiger partial charge in [0.15, 0.2) is 5.82 Å². The van der Waals surface area contributed by atoms with Crippen LogP contribution in [0.25, 0.3) is 5.82 Å². The van der Waals surface area contributed by atoms with Crippen LogP contribution >= 0.6 is 0 Å². The van der Waals surface area contributed by atoms with Crippen molar-refractivity contribution in [2.45, 2.75) is 19.5 Å². The Labute approximate surface area is 144 Å². The zero-order chi connectivity index (χ0) is 17.6. The Bertz CT molecular complexity index is 833. The summed E-state index contributed by atoms with van der Waals surface area (Å²) in [5, 5.41) is 9.56. The Morgan fingerprint density at radius 3 is 2.76 bits per heavy atom. The van der Waals surface area contributed by atoms with Crippen LogP contribution in [0.5, 0.6) is 0 Å². The second kappa shape index (κ2) is 7.57. The molecular weight excluding hydrogens is 321 g/mol. The lowest BCUT2D eigenvalue weighted by Gasteiger charge is -2.15. The zero-order valence-corrected chi connectivity index (χ0v) is 13.7. The fraction of sp³-hybridized carbons (Fsp3) is 0.167. The highest BCUT2D eigenvalue weighted by molar-refractivity contribution is 5.74. The molecule has 0 aliphatic heterocycles.